The van der Waals surface area contributed by atoms with E-state index in [1.807, 2.05) is 6.92 Å². The number of rotatable bonds is 6. The fourth-order valence-electron chi connectivity index (χ4n) is 2.82. The molecule has 1 N–H and O–H groups in total. The standard InChI is InChI=1S/C14H20ClN3O/c1-2-7-18-13(19)12(15)11(8-17-18)16-9-14(5-6-14)10-3-4-10/h8,10,16H,2-7,9H2,1H3. The molecule has 19 heavy (non-hydrogen) atoms. The molecule has 0 amide bonds. The first-order valence-electron chi connectivity index (χ1n) is 7.16. The molecule has 0 unspecified atom stereocenters. The lowest BCUT2D eigenvalue weighted by Crippen LogP contribution is -2.25. The van der Waals surface area contributed by atoms with Crippen molar-refractivity contribution in [1.82, 2.24) is 9.78 Å². The molecule has 0 radical (unpaired) electrons. The van der Waals surface area contributed by atoms with Crippen molar-refractivity contribution in [1.29, 1.82) is 0 Å². The molecular weight excluding hydrogens is 262 g/mol. The molecule has 1 heterocycles. The molecule has 2 aliphatic carbocycles. The predicted octanol–water partition coefficient (Wildman–Crippen LogP) is 2.91. The Morgan fingerprint density at radius 3 is 2.84 bits per heavy atom. The number of hydrogen-bond acceptors (Lipinski definition) is 3. The van der Waals surface area contributed by atoms with E-state index in [1.165, 1.54) is 30.4 Å². The van der Waals surface area contributed by atoms with Gasteiger partial charge in [-0.15, -0.1) is 0 Å². The Labute approximate surface area is 118 Å². The van der Waals surface area contributed by atoms with Crippen molar-refractivity contribution in [2.45, 2.75) is 45.6 Å². The maximum absolute atomic E-state index is 12.0. The summed E-state index contributed by atoms with van der Waals surface area (Å²) >= 11 is 6.14. The minimum Gasteiger partial charge on any atom is -0.382 e. The molecule has 1 aromatic rings. The molecule has 2 saturated carbocycles. The highest BCUT2D eigenvalue weighted by molar-refractivity contribution is 6.32. The van der Waals surface area contributed by atoms with E-state index in [4.69, 9.17) is 11.6 Å². The van der Waals surface area contributed by atoms with Crippen LogP contribution < -0.4 is 10.9 Å². The monoisotopic (exact) mass is 281 g/mol. The van der Waals surface area contributed by atoms with Crippen molar-refractivity contribution in [3.05, 3.63) is 21.6 Å². The molecule has 0 saturated heterocycles. The Balaban J connectivity index is 1.71. The zero-order valence-corrected chi connectivity index (χ0v) is 12.0. The summed E-state index contributed by atoms with van der Waals surface area (Å²) in [6.45, 7) is 3.56. The van der Waals surface area contributed by atoms with Crippen LogP contribution in [0.2, 0.25) is 5.02 Å². The van der Waals surface area contributed by atoms with Crippen LogP contribution in [0.15, 0.2) is 11.0 Å². The van der Waals surface area contributed by atoms with Gasteiger partial charge >= 0.3 is 0 Å². The van der Waals surface area contributed by atoms with Gasteiger partial charge in [-0.2, -0.15) is 5.10 Å². The minimum atomic E-state index is -0.190. The van der Waals surface area contributed by atoms with Crippen molar-refractivity contribution < 1.29 is 0 Å². The fraction of sp³-hybridized carbons (Fsp3) is 0.714. The summed E-state index contributed by atoms with van der Waals surface area (Å²) in [5, 5.41) is 7.78. The third-order valence-electron chi connectivity index (χ3n) is 4.39. The molecule has 4 nitrogen and oxygen atoms in total. The van der Waals surface area contributed by atoms with Gasteiger partial charge in [-0.25, -0.2) is 4.68 Å². The van der Waals surface area contributed by atoms with E-state index in [1.54, 1.807) is 6.20 Å². The number of nitrogens with one attached hydrogen (secondary N) is 1. The molecule has 0 aromatic carbocycles. The molecule has 2 fully saturated rings. The number of halogens is 1. The van der Waals surface area contributed by atoms with Crippen LogP contribution in [-0.2, 0) is 6.54 Å². The molecule has 0 atom stereocenters. The van der Waals surface area contributed by atoms with Gasteiger partial charge in [0, 0.05) is 13.1 Å². The van der Waals surface area contributed by atoms with E-state index < -0.39 is 0 Å². The molecule has 104 valence electrons. The van der Waals surface area contributed by atoms with Gasteiger partial charge in [0.2, 0.25) is 0 Å². The molecule has 3 rings (SSSR count). The van der Waals surface area contributed by atoms with Crippen LogP contribution >= 0.6 is 11.6 Å². The number of nitrogens with zero attached hydrogens (tertiary/aromatic N) is 2. The second kappa shape index (κ2) is 4.82. The lowest BCUT2D eigenvalue weighted by atomic mass is 10.0. The summed E-state index contributed by atoms with van der Waals surface area (Å²) in [4.78, 5) is 12.0. The second-order valence-corrected chi connectivity index (χ2v) is 6.27. The number of hydrogen-bond donors (Lipinski definition) is 1. The molecule has 1 aromatic heterocycles. The molecule has 0 aliphatic heterocycles. The largest absolute Gasteiger partial charge is 0.382 e. The van der Waals surface area contributed by atoms with Crippen LogP contribution in [0.3, 0.4) is 0 Å². The lowest BCUT2D eigenvalue weighted by Gasteiger charge is -2.16. The first-order chi connectivity index (χ1) is 9.16. The van der Waals surface area contributed by atoms with E-state index in [0.717, 1.165) is 18.9 Å². The highest BCUT2D eigenvalue weighted by atomic mass is 35.5. The van der Waals surface area contributed by atoms with Crippen LogP contribution in [-0.4, -0.2) is 16.3 Å². The van der Waals surface area contributed by atoms with Crippen LogP contribution in [0.4, 0.5) is 5.69 Å². The molecule has 0 bridgehead atoms. The Morgan fingerprint density at radius 1 is 1.53 bits per heavy atom. The summed E-state index contributed by atoms with van der Waals surface area (Å²) in [6.07, 6.45) is 7.91. The number of aromatic nitrogens is 2. The Bertz CT molecular complexity index is 532. The van der Waals surface area contributed by atoms with Gasteiger partial charge in [0.05, 0.1) is 11.9 Å². The second-order valence-electron chi connectivity index (χ2n) is 5.89. The Morgan fingerprint density at radius 2 is 2.26 bits per heavy atom. The molecule has 0 spiro atoms. The maximum Gasteiger partial charge on any atom is 0.287 e. The molecule has 2 aliphatic rings. The van der Waals surface area contributed by atoms with E-state index in [9.17, 15) is 4.79 Å². The van der Waals surface area contributed by atoms with Crippen molar-refractivity contribution in [2.24, 2.45) is 11.3 Å². The zero-order chi connectivity index (χ0) is 13.5. The average Bonchev–Trinajstić information content (AvgIpc) is 3.27. The Kier molecular flexibility index (Phi) is 3.29. The van der Waals surface area contributed by atoms with Gasteiger partial charge < -0.3 is 5.32 Å². The first-order valence-corrected chi connectivity index (χ1v) is 7.53. The van der Waals surface area contributed by atoms with Crippen molar-refractivity contribution in [3.8, 4) is 0 Å². The van der Waals surface area contributed by atoms with Gasteiger partial charge in [0.1, 0.15) is 5.02 Å². The van der Waals surface area contributed by atoms with Crippen LogP contribution in [0, 0.1) is 11.3 Å². The Hall–Kier alpha value is -1.03. The summed E-state index contributed by atoms with van der Waals surface area (Å²) in [5.41, 5.74) is 0.984. The van der Waals surface area contributed by atoms with Crippen molar-refractivity contribution >= 4 is 17.3 Å². The van der Waals surface area contributed by atoms with Crippen molar-refractivity contribution in [2.75, 3.05) is 11.9 Å². The maximum atomic E-state index is 12.0. The van der Waals surface area contributed by atoms with Gasteiger partial charge in [-0.1, -0.05) is 18.5 Å². The van der Waals surface area contributed by atoms with Crippen LogP contribution in [0.5, 0.6) is 0 Å². The SMILES string of the molecule is CCCn1ncc(NCC2(C3CC3)CC2)c(Cl)c1=O. The minimum absolute atomic E-state index is 0.190. The van der Waals surface area contributed by atoms with Gasteiger partial charge in [0.15, 0.2) is 0 Å². The van der Waals surface area contributed by atoms with Crippen LogP contribution in [0.25, 0.3) is 0 Å². The third-order valence-corrected chi connectivity index (χ3v) is 4.75. The lowest BCUT2D eigenvalue weighted by molar-refractivity contribution is 0.466. The first kappa shape index (κ1) is 13.0. The van der Waals surface area contributed by atoms with Crippen molar-refractivity contribution in [3.63, 3.8) is 0 Å². The highest BCUT2D eigenvalue weighted by Gasteiger charge is 2.53. The van der Waals surface area contributed by atoms with Gasteiger partial charge in [0.25, 0.3) is 5.56 Å². The highest BCUT2D eigenvalue weighted by Crippen LogP contribution is 2.61. The predicted molar refractivity (Wildman–Crippen MR) is 76.7 cm³/mol. The summed E-state index contributed by atoms with van der Waals surface area (Å²) in [6, 6.07) is 0. The topological polar surface area (TPSA) is 46.9 Å². The van der Waals surface area contributed by atoms with E-state index in [-0.39, 0.29) is 10.6 Å². The zero-order valence-electron chi connectivity index (χ0n) is 11.3. The normalized spacial score (nSPS) is 20.3. The third kappa shape index (κ3) is 2.50. The smallest absolute Gasteiger partial charge is 0.287 e. The van der Waals surface area contributed by atoms with Crippen LogP contribution in [0.1, 0.15) is 39.0 Å². The van der Waals surface area contributed by atoms with E-state index in [2.05, 4.69) is 10.4 Å². The summed E-state index contributed by atoms with van der Waals surface area (Å²) in [7, 11) is 0. The van der Waals surface area contributed by atoms with Gasteiger partial charge in [-0.3, -0.25) is 4.79 Å². The fourth-order valence-corrected chi connectivity index (χ4v) is 3.03. The molecule has 5 heteroatoms. The summed E-state index contributed by atoms with van der Waals surface area (Å²) < 4.78 is 1.43. The van der Waals surface area contributed by atoms with Gasteiger partial charge in [-0.05, 0) is 43.4 Å². The quantitative estimate of drug-likeness (QED) is 0.872. The number of anilines is 1. The van der Waals surface area contributed by atoms with E-state index in [0.29, 0.717) is 17.6 Å². The molecular formula is C14H20ClN3O. The summed E-state index contributed by atoms with van der Waals surface area (Å²) in [5.74, 6) is 0.896. The van der Waals surface area contributed by atoms with E-state index >= 15 is 0 Å². The average molecular weight is 282 g/mol. The number of aryl methyl sites for hydroxylation is 1.